The van der Waals surface area contributed by atoms with E-state index < -0.39 is 5.97 Å². The molecule has 1 aromatic carbocycles. The van der Waals surface area contributed by atoms with E-state index in [1.165, 1.54) is 0 Å². The van der Waals surface area contributed by atoms with E-state index >= 15 is 0 Å². The van der Waals surface area contributed by atoms with E-state index in [1.807, 2.05) is 30.3 Å². The van der Waals surface area contributed by atoms with Crippen molar-refractivity contribution < 1.29 is 14.7 Å². The lowest BCUT2D eigenvalue weighted by atomic mass is 10.3. The maximum absolute atomic E-state index is 11.1. The van der Waals surface area contributed by atoms with E-state index in [0.717, 1.165) is 5.69 Å². The molecule has 0 radical (unpaired) electrons. The SMILES string of the molecule is O=C(O)CNC(=O)CNc1ccccc1. The maximum Gasteiger partial charge on any atom is 0.322 e. The number of amides is 1. The largest absolute Gasteiger partial charge is 0.480 e. The molecule has 0 saturated heterocycles. The molecule has 0 aromatic heterocycles. The molecule has 1 amide bonds. The van der Waals surface area contributed by atoms with Crippen molar-refractivity contribution in [3.8, 4) is 0 Å². The van der Waals surface area contributed by atoms with Crippen LogP contribution in [-0.2, 0) is 9.59 Å². The number of carbonyl (C=O) groups is 2. The molecule has 15 heavy (non-hydrogen) atoms. The van der Waals surface area contributed by atoms with Crippen LogP contribution in [0.5, 0.6) is 0 Å². The van der Waals surface area contributed by atoms with Gasteiger partial charge in [0.2, 0.25) is 5.91 Å². The Kier molecular flexibility index (Phi) is 4.15. The molecule has 5 heteroatoms. The number of carboxylic acids is 1. The minimum Gasteiger partial charge on any atom is -0.480 e. The third-order valence-corrected chi connectivity index (χ3v) is 1.66. The minimum absolute atomic E-state index is 0.0668. The number of benzene rings is 1. The average Bonchev–Trinajstić information content (AvgIpc) is 2.25. The van der Waals surface area contributed by atoms with Gasteiger partial charge in [-0.3, -0.25) is 9.59 Å². The molecule has 0 spiro atoms. The van der Waals surface area contributed by atoms with Gasteiger partial charge in [0.15, 0.2) is 0 Å². The summed E-state index contributed by atoms with van der Waals surface area (Å²) in [5.74, 6) is -1.40. The predicted molar refractivity (Wildman–Crippen MR) is 55.6 cm³/mol. The Balaban J connectivity index is 2.26. The molecule has 0 fully saturated rings. The second kappa shape index (κ2) is 5.64. The van der Waals surface area contributed by atoms with Crippen LogP contribution in [0.4, 0.5) is 5.69 Å². The molecule has 0 unspecified atom stereocenters. The molecule has 0 aliphatic heterocycles. The van der Waals surface area contributed by atoms with Crippen molar-refractivity contribution in [2.75, 3.05) is 18.4 Å². The van der Waals surface area contributed by atoms with E-state index in [1.54, 1.807) is 0 Å². The summed E-state index contributed by atoms with van der Waals surface area (Å²) in [5, 5.41) is 13.4. The van der Waals surface area contributed by atoms with Crippen LogP contribution >= 0.6 is 0 Å². The van der Waals surface area contributed by atoms with Crippen molar-refractivity contribution in [2.24, 2.45) is 0 Å². The van der Waals surface area contributed by atoms with Gasteiger partial charge in [0.05, 0.1) is 6.54 Å². The van der Waals surface area contributed by atoms with Gasteiger partial charge in [-0.2, -0.15) is 0 Å². The minimum atomic E-state index is -1.05. The third-order valence-electron chi connectivity index (χ3n) is 1.66. The van der Waals surface area contributed by atoms with Crippen LogP contribution in [0.25, 0.3) is 0 Å². The second-order valence-corrected chi connectivity index (χ2v) is 2.89. The summed E-state index contributed by atoms with van der Waals surface area (Å²) < 4.78 is 0. The number of carboxylic acid groups (broad SMARTS) is 1. The maximum atomic E-state index is 11.1. The van der Waals surface area contributed by atoms with Gasteiger partial charge in [-0.1, -0.05) is 18.2 Å². The number of hydrogen-bond acceptors (Lipinski definition) is 3. The topological polar surface area (TPSA) is 78.4 Å². The Morgan fingerprint density at radius 1 is 1.13 bits per heavy atom. The number of anilines is 1. The van der Waals surface area contributed by atoms with Gasteiger partial charge in [-0.05, 0) is 12.1 Å². The van der Waals surface area contributed by atoms with Crippen LogP contribution in [0, 0.1) is 0 Å². The number of hydrogen-bond donors (Lipinski definition) is 3. The first kappa shape index (κ1) is 11.0. The Morgan fingerprint density at radius 2 is 1.80 bits per heavy atom. The average molecular weight is 208 g/mol. The summed E-state index contributed by atoms with van der Waals surface area (Å²) in [6, 6.07) is 9.21. The summed E-state index contributed by atoms with van der Waals surface area (Å²) in [6.45, 7) is -0.285. The molecule has 0 bridgehead atoms. The highest BCUT2D eigenvalue weighted by molar-refractivity contribution is 5.84. The second-order valence-electron chi connectivity index (χ2n) is 2.89. The molecular weight excluding hydrogens is 196 g/mol. The van der Waals surface area contributed by atoms with Gasteiger partial charge < -0.3 is 15.7 Å². The van der Waals surface area contributed by atoms with Crippen LogP contribution in [0.3, 0.4) is 0 Å². The monoisotopic (exact) mass is 208 g/mol. The van der Waals surface area contributed by atoms with Crippen molar-refractivity contribution in [3.05, 3.63) is 30.3 Å². The smallest absolute Gasteiger partial charge is 0.322 e. The first-order valence-electron chi connectivity index (χ1n) is 4.46. The summed E-state index contributed by atoms with van der Waals surface area (Å²) in [5.41, 5.74) is 0.822. The van der Waals surface area contributed by atoms with Gasteiger partial charge in [-0.15, -0.1) is 0 Å². The number of para-hydroxylation sites is 1. The lowest BCUT2D eigenvalue weighted by molar-refractivity contribution is -0.137. The lowest BCUT2D eigenvalue weighted by Crippen LogP contribution is -2.33. The zero-order valence-corrected chi connectivity index (χ0v) is 8.06. The summed E-state index contributed by atoms with van der Waals surface area (Å²) in [6.07, 6.45) is 0. The van der Waals surface area contributed by atoms with Gasteiger partial charge in [-0.25, -0.2) is 0 Å². The first-order chi connectivity index (χ1) is 7.18. The quantitative estimate of drug-likeness (QED) is 0.650. The van der Waals surface area contributed by atoms with E-state index in [2.05, 4.69) is 10.6 Å². The number of nitrogens with one attached hydrogen (secondary N) is 2. The Hall–Kier alpha value is -2.04. The van der Waals surface area contributed by atoms with Crippen LogP contribution < -0.4 is 10.6 Å². The first-order valence-corrected chi connectivity index (χ1v) is 4.46. The molecule has 0 heterocycles. The third kappa shape index (κ3) is 4.66. The molecule has 5 nitrogen and oxygen atoms in total. The summed E-state index contributed by atoms with van der Waals surface area (Å²) >= 11 is 0. The van der Waals surface area contributed by atoms with Crippen molar-refractivity contribution >= 4 is 17.6 Å². The van der Waals surface area contributed by atoms with E-state index in [4.69, 9.17) is 5.11 Å². The molecule has 1 aromatic rings. The zero-order chi connectivity index (χ0) is 11.1. The van der Waals surface area contributed by atoms with Gasteiger partial charge in [0.1, 0.15) is 6.54 Å². The standard InChI is InChI=1S/C10H12N2O3/c13-9(12-7-10(14)15)6-11-8-4-2-1-3-5-8/h1-5,11H,6-7H2,(H,12,13)(H,14,15). The van der Waals surface area contributed by atoms with Gasteiger partial charge in [0, 0.05) is 5.69 Å². The van der Waals surface area contributed by atoms with Gasteiger partial charge in [0.25, 0.3) is 0 Å². The summed E-state index contributed by atoms with van der Waals surface area (Å²) in [4.78, 5) is 21.2. The van der Waals surface area contributed by atoms with Crippen molar-refractivity contribution in [3.63, 3.8) is 0 Å². The predicted octanol–water partition coefficient (Wildman–Crippen LogP) is 0.299. The molecule has 0 aliphatic carbocycles. The summed E-state index contributed by atoms with van der Waals surface area (Å²) in [7, 11) is 0. The van der Waals surface area contributed by atoms with E-state index in [9.17, 15) is 9.59 Å². The fraction of sp³-hybridized carbons (Fsp3) is 0.200. The highest BCUT2D eigenvalue weighted by Crippen LogP contribution is 2.03. The molecule has 80 valence electrons. The molecule has 3 N–H and O–H groups in total. The van der Waals surface area contributed by atoms with Gasteiger partial charge >= 0.3 is 5.97 Å². The Morgan fingerprint density at radius 3 is 2.40 bits per heavy atom. The van der Waals surface area contributed by atoms with Crippen molar-refractivity contribution in [1.29, 1.82) is 0 Å². The Bertz CT molecular complexity index is 338. The van der Waals surface area contributed by atoms with Crippen LogP contribution in [0.15, 0.2) is 30.3 Å². The van der Waals surface area contributed by atoms with E-state index in [-0.39, 0.29) is 19.0 Å². The molecule has 0 aliphatic rings. The van der Waals surface area contributed by atoms with Crippen LogP contribution in [-0.4, -0.2) is 30.1 Å². The normalized spacial score (nSPS) is 9.33. The van der Waals surface area contributed by atoms with Crippen molar-refractivity contribution in [2.45, 2.75) is 0 Å². The molecular formula is C10H12N2O3. The molecule has 0 saturated carbocycles. The van der Waals surface area contributed by atoms with Crippen LogP contribution in [0.1, 0.15) is 0 Å². The highest BCUT2D eigenvalue weighted by atomic mass is 16.4. The zero-order valence-electron chi connectivity index (χ0n) is 8.06. The highest BCUT2D eigenvalue weighted by Gasteiger charge is 2.02. The number of carbonyl (C=O) groups excluding carboxylic acids is 1. The lowest BCUT2D eigenvalue weighted by Gasteiger charge is -2.05. The van der Waals surface area contributed by atoms with Crippen LogP contribution in [0.2, 0.25) is 0 Å². The van der Waals surface area contributed by atoms with E-state index in [0.29, 0.717) is 0 Å². The number of rotatable bonds is 5. The number of aliphatic carboxylic acids is 1. The fourth-order valence-corrected chi connectivity index (χ4v) is 0.975. The fourth-order valence-electron chi connectivity index (χ4n) is 0.975. The molecule has 0 atom stereocenters. The van der Waals surface area contributed by atoms with Crippen molar-refractivity contribution in [1.82, 2.24) is 5.32 Å². The molecule has 1 rings (SSSR count). The Labute approximate surface area is 87.1 Å².